The highest BCUT2D eigenvalue weighted by atomic mass is 16.6. The number of nitrogens with one attached hydrogen (secondary N) is 1. The van der Waals surface area contributed by atoms with Crippen molar-refractivity contribution in [3.05, 3.63) is 65.7 Å². The molecule has 1 fully saturated rings. The van der Waals surface area contributed by atoms with E-state index in [1.54, 1.807) is 0 Å². The Bertz CT molecular complexity index is 777. The SMILES string of the molecule is CC(C)(C)OC(=O)Nc1ccccc1C[C@H](Cc1ccccc1)N1CCCCC1. The molecule has 1 amide bonds. The first kappa shape index (κ1) is 21.4. The Morgan fingerprint density at radius 2 is 1.62 bits per heavy atom. The molecule has 1 aliphatic heterocycles. The zero-order valence-electron chi connectivity index (χ0n) is 18.0. The third-order valence-corrected chi connectivity index (χ3v) is 5.33. The van der Waals surface area contributed by atoms with Gasteiger partial charge in [-0.3, -0.25) is 10.2 Å². The Labute approximate surface area is 175 Å². The molecule has 1 saturated heterocycles. The van der Waals surface area contributed by atoms with Crippen molar-refractivity contribution in [1.82, 2.24) is 4.90 Å². The fraction of sp³-hybridized carbons (Fsp3) is 0.480. The Hall–Kier alpha value is -2.33. The van der Waals surface area contributed by atoms with Crippen molar-refractivity contribution < 1.29 is 9.53 Å². The van der Waals surface area contributed by atoms with E-state index < -0.39 is 11.7 Å². The van der Waals surface area contributed by atoms with Gasteiger partial charge in [-0.1, -0.05) is 55.0 Å². The molecule has 1 N–H and O–H groups in total. The van der Waals surface area contributed by atoms with E-state index in [0.29, 0.717) is 6.04 Å². The van der Waals surface area contributed by atoms with Gasteiger partial charge >= 0.3 is 6.09 Å². The molecule has 0 unspecified atom stereocenters. The van der Waals surface area contributed by atoms with Crippen molar-refractivity contribution in [2.24, 2.45) is 0 Å². The quantitative estimate of drug-likeness (QED) is 0.686. The van der Waals surface area contributed by atoms with Crippen LogP contribution in [-0.2, 0) is 17.6 Å². The number of anilines is 1. The molecule has 4 nitrogen and oxygen atoms in total. The van der Waals surface area contributed by atoms with Crippen LogP contribution in [0.15, 0.2) is 54.6 Å². The van der Waals surface area contributed by atoms with Gasteiger partial charge in [-0.25, -0.2) is 4.79 Å². The van der Waals surface area contributed by atoms with E-state index in [0.717, 1.165) is 37.2 Å². The summed E-state index contributed by atoms with van der Waals surface area (Å²) in [5.74, 6) is 0. The van der Waals surface area contributed by atoms with Crippen molar-refractivity contribution in [1.29, 1.82) is 0 Å². The average molecular weight is 395 g/mol. The summed E-state index contributed by atoms with van der Waals surface area (Å²) >= 11 is 0. The minimum atomic E-state index is -0.511. The van der Waals surface area contributed by atoms with Crippen LogP contribution < -0.4 is 5.32 Å². The van der Waals surface area contributed by atoms with Crippen molar-refractivity contribution in [3.63, 3.8) is 0 Å². The van der Waals surface area contributed by atoms with Gasteiger partial charge in [0.15, 0.2) is 0 Å². The van der Waals surface area contributed by atoms with Gasteiger partial charge in [0.1, 0.15) is 5.60 Å². The molecular weight excluding hydrogens is 360 g/mol. The molecule has 2 aromatic rings. The molecule has 1 aliphatic rings. The molecule has 0 bridgehead atoms. The third-order valence-electron chi connectivity index (χ3n) is 5.33. The zero-order chi connectivity index (χ0) is 20.7. The highest BCUT2D eigenvalue weighted by Crippen LogP contribution is 2.24. The minimum Gasteiger partial charge on any atom is -0.444 e. The Morgan fingerprint density at radius 1 is 0.966 bits per heavy atom. The predicted molar refractivity (Wildman–Crippen MR) is 119 cm³/mol. The standard InChI is InChI=1S/C25H34N2O2/c1-25(2,3)29-24(28)26-23-15-9-8-14-21(23)19-22(27-16-10-5-11-17-27)18-20-12-6-4-7-13-20/h4,6-9,12-15,22H,5,10-11,16-19H2,1-3H3,(H,26,28)/t22-/m0/s1. The maximum absolute atomic E-state index is 12.3. The van der Waals surface area contributed by atoms with Crippen LogP contribution in [0, 0.1) is 0 Å². The molecule has 0 radical (unpaired) electrons. The first-order chi connectivity index (χ1) is 13.9. The van der Waals surface area contributed by atoms with E-state index in [1.807, 2.05) is 39.0 Å². The molecule has 2 aromatic carbocycles. The number of amides is 1. The number of rotatable bonds is 6. The van der Waals surface area contributed by atoms with Crippen molar-refractivity contribution >= 4 is 11.8 Å². The second-order valence-corrected chi connectivity index (χ2v) is 8.93. The van der Waals surface area contributed by atoms with E-state index in [1.165, 1.54) is 24.8 Å². The summed E-state index contributed by atoms with van der Waals surface area (Å²) in [4.78, 5) is 14.9. The maximum atomic E-state index is 12.3. The molecule has 0 aromatic heterocycles. The number of carbonyl (C=O) groups is 1. The fourth-order valence-corrected chi connectivity index (χ4v) is 3.99. The number of piperidine rings is 1. The maximum Gasteiger partial charge on any atom is 0.412 e. The van der Waals surface area contributed by atoms with E-state index in [9.17, 15) is 4.79 Å². The van der Waals surface area contributed by atoms with Crippen LogP contribution in [0.25, 0.3) is 0 Å². The number of nitrogens with zero attached hydrogens (tertiary/aromatic N) is 1. The molecular formula is C25H34N2O2. The summed E-state index contributed by atoms with van der Waals surface area (Å²) in [6.45, 7) is 7.94. The minimum absolute atomic E-state index is 0.400. The van der Waals surface area contributed by atoms with Gasteiger partial charge < -0.3 is 4.74 Å². The van der Waals surface area contributed by atoms with Crippen LogP contribution in [0.1, 0.15) is 51.2 Å². The molecule has 4 heteroatoms. The highest BCUT2D eigenvalue weighted by molar-refractivity contribution is 5.85. The third kappa shape index (κ3) is 6.90. The molecule has 1 heterocycles. The monoisotopic (exact) mass is 394 g/mol. The van der Waals surface area contributed by atoms with Crippen LogP contribution in [-0.4, -0.2) is 35.7 Å². The summed E-state index contributed by atoms with van der Waals surface area (Å²) in [6.07, 6.45) is 5.38. The lowest BCUT2D eigenvalue weighted by atomic mass is 9.95. The van der Waals surface area contributed by atoms with Gasteiger partial charge in [-0.05, 0) is 76.7 Å². The molecule has 0 spiro atoms. The molecule has 29 heavy (non-hydrogen) atoms. The topological polar surface area (TPSA) is 41.6 Å². The Morgan fingerprint density at radius 3 is 2.31 bits per heavy atom. The van der Waals surface area contributed by atoms with Crippen LogP contribution in [0.5, 0.6) is 0 Å². The second kappa shape index (κ2) is 9.93. The van der Waals surface area contributed by atoms with Crippen molar-refractivity contribution in [3.8, 4) is 0 Å². The summed E-state index contributed by atoms with van der Waals surface area (Å²) in [6, 6.07) is 19.2. The molecule has 156 valence electrons. The van der Waals surface area contributed by atoms with Gasteiger partial charge in [0.25, 0.3) is 0 Å². The number of carbonyl (C=O) groups excluding carboxylic acids is 1. The molecule has 1 atom stereocenters. The van der Waals surface area contributed by atoms with Crippen molar-refractivity contribution in [2.75, 3.05) is 18.4 Å². The zero-order valence-corrected chi connectivity index (χ0v) is 18.0. The number of hydrogen-bond acceptors (Lipinski definition) is 3. The summed E-state index contributed by atoms with van der Waals surface area (Å²) in [5.41, 5.74) is 2.85. The van der Waals surface area contributed by atoms with Gasteiger partial charge in [0.2, 0.25) is 0 Å². The van der Waals surface area contributed by atoms with Gasteiger partial charge in [0, 0.05) is 11.7 Å². The summed E-state index contributed by atoms with van der Waals surface area (Å²) in [5, 5.41) is 2.96. The Balaban J connectivity index is 1.77. The van der Waals surface area contributed by atoms with Gasteiger partial charge in [-0.15, -0.1) is 0 Å². The van der Waals surface area contributed by atoms with Crippen LogP contribution in [0.3, 0.4) is 0 Å². The van der Waals surface area contributed by atoms with Crippen molar-refractivity contribution in [2.45, 2.75) is 64.5 Å². The lowest BCUT2D eigenvalue weighted by Gasteiger charge is -2.35. The normalized spacial score (nSPS) is 16.2. The lowest BCUT2D eigenvalue weighted by Crippen LogP contribution is -2.42. The highest BCUT2D eigenvalue weighted by Gasteiger charge is 2.23. The first-order valence-electron chi connectivity index (χ1n) is 10.8. The second-order valence-electron chi connectivity index (χ2n) is 8.93. The van der Waals surface area contributed by atoms with Gasteiger partial charge in [-0.2, -0.15) is 0 Å². The number of hydrogen-bond donors (Lipinski definition) is 1. The molecule has 0 saturated carbocycles. The van der Waals surface area contributed by atoms with Crippen LogP contribution in [0.2, 0.25) is 0 Å². The van der Waals surface area contributed by atoms with E-state index in [2.05, 4.69) is 46.6 Å². The average Bonchev–Trinajstić information content (AvgIpc) is 2.69. The predicted octanol–water partition coefficient (Wildman–Crippen LogP) is 5.67. The first-order valence-corrected chi connectivity index (χ1v) is 10.8. The fourth-order valence-electron chi connectivity index (χ4n) is 3.99. The number of para-hydroxylation sites is 1. The number of likely N-dealkylation sites (tertiary alicyclic amines) is 1. The van der Waals surface area contributed by atoms with Crippen LogP contribution in [0.4, 0.5) is 10.5 Å². The van der Waals surface area contributed by atoms with Gasteiger partial charge in [0.05, 0.1) is 0 Å². The number of ether oxygens (including phenoxy) is 1. The Kier molecular flexibility index (Phi) is 7.32. The largest absolute Gasteiger partial charge is 0.444 e. The smallest absolute Gasteiger partial charge is 0.412 e. The lowest BCUT2D eigenvalue weighted by molar-refractivity contribution is 0.0635. The summed E-state index contributed by atoms with van der Waals surface area (Å²) in [7, 11) is 0. The van der Waals surface area contributed by atoms with E-state index in [-0.39, 0.29) is 0 Å². The molecule has 0 aliphatic carbocycles. The molecule has 3 rings (SSSR count). The van der Waals surface area contributed by atoms with E-state index in [4.69, 9.17) is 4.74 Å². The number of benzene rings is 2. The van der Waals surface area contributed by atoms with E-state index >= 15 is 0 Å². The summed E-state index contributed by atoms with van der Waals surface area (Å²) < 4.78 is 5.45. The van der Waals surface area contributed by atoms with Crippen LogP contribution >= 0.6 is 0 Å².